The molecule has 1 amide bonds. The minimum absolute atomic E-state index is 0. The van der Waals surface area contributed by atoms with Crippen LogP contribution in [0.5, 0.6) is 0 Å². The fraction of sp³-hybridized carbons (Fsp3) is 0.294. The Labute approximate surface area is 159 Å². The van der Waals surface area contributed by atoms with Crippen molar-refractivity contribution in [2.45, 2.75) is 23.9 Å². The van der Waals surface area contributed by atoms with Gasteiger partial charge >= 0.3 is 0 Å². The summed E-state index contributed by atoms with van der Waals surface area (Å²) in [6.07, 6.45) is 2.51. The van der Waals surface area contributed by atoms with Crippen LogP contribution in [0.3, 0.4) is 0 Å². The van der Waals surface area contributed by atoms with Gasteiger partial charge in [-0.05, 0) is 49.4 Å². The van der Waals surface area contributed by atoms with Crippen LogP contribution in [-0.2, 0) is 16.6 Å². The molecule has 0 bridgehead atoms. The third-order valence-electron chi connectivity index (χ3n) is 3.99. The lowest BCUT2D eigenvalue weighted by Gasteiger charge is -2.12. The van der Waals surface area contributed by atoms with E-state index in [2.05, 4.69) is 20.3 Å². The number of nitrogens with one attached hydrogen (secondary N) is 3. The van der Waals surface area contributed by atoms with Crippen LogP contribution < -0.4 is 15.4 Å². The van der Waals surface area contributed by atoms with Crippen LogP contribution in [0.15, 0.2) is 53.6 Å². The SMILES string of the molecule is Cl.O=C(N[C@H]1CCNC1)c1ccc(S(=O)(=O)NCc2ccccn2)cc1. The van der Waals surface area contributed by atoms with Crippen LogP contribution in [0.2, 0.25) is 0 Å². The first-order chi connectivity index (χ1) is 12.0. The van der Waals surface area contributed by atoms with Crippen molar-refractivity contribution in [2.24, 2.45) is 0 Å². The fourth-order valence-corrected chi connectivity index (χ4v) is 3.59. The van der Waals surface area contributed by atoms with Crippen molar-refractivity contribution in [3.8, 4) is 0 Å². The monoisotopic (exact) mass is 396 g/mol. The third-order valence-corrected chi connectivity index (χ3v) is 5.41. The molecule has 2 aromatic rings. The molecule has 1 aliphatic heterocycles. The lowest BCUT2D eigenvalue weighted by molar-refractivity contribution is 0.0940. The number of hydrogen-bond donors (Lipinski definition) is 3. The zero-order valence-corrected chi connectivity index (χ0v) is 15.6. The van der Waals surface area contributed by atoms with Crippen LogP contribution in [0.25, 0.3) is 0 Å². The minimum atomic E-state index is -3.66. The van der Waals surface area contributed by atoms with Crippen molar-refractivity contribution in [1.82, 2.24) is 20.3 Å². The Morgan fingerprint density at radius 1 is 1.19 bits per heavy atom. The Kier molecular flexibility index (Phi) is 7.10. The van der Waals surface area contributed by atoms with Crippen LogP contribution in [-0.4, -0.2) is 38.4 Å². The number of halogens is 1. The average Bonchev–Trinajstić information content (AvgIpc) is 3.14. The van der Waals surface area contributed by atoms with Crippen molar-refractivity contribution >= 4 is 28.3 Å². The van der Waals surface area contributed by atoms with Gasteiger partial charge in [0, 0.05) is 24.3 Å². The van der Waals surface area contributed by atoms with E-state index >= 15 is 0 Å². The van der Waals surface area contributed by atoms with Gasteiger partial charge in [0.1, 0.15) is 0 Å². The van der Waals surface area contributed by atoms with E-state index < -0.39 is 10.0 Å². The highest BCUT2D eigenvalue weighted by atomic mass is 35.5. The number of sulfonamides is 1. The van der Waals surface area contributed by atoms with Crippen molar-refractivity contribution in [3.63, 3.8) is 0 Å². The molecular formula is C17H21ClN4O3S. The second kappa shape index (κ2) is 9.09. The summed E-state index contributed by atoms with van der Waals surface area (Å²) in [4.78, 5) is 16.4. The highest BCUT2D eigenvalue weighted by Crippen LogP contribution is 2.12. The number of rotatable bonds is 6. The largest absolute Gasteiger partial charge is 0.348 e. The van der Waals surface area contributed by atoms with Gasteiger partial charge in [-0.25, -0.2) is 13.1 Å². The molecule has 3 N–H and O–H groups in total. The van der Waals surface area contributed by atoms with Crippen molar-refractivity contribution in [3.05, 3.63) is 59.9 Å². The number of hydrogen-bond acceptors (Lipinski definition) is 5. The lowest BCUT2D eigenvalue weighted by atomic mass is 10.2. The van der Waals surface area contributed by atoms with E-state index in [4.69, 9.17) is 0 Å². The van der Waals surface area contributed by atoms with E-state index in [-0.39, 0.29) is 35.8 Å². The summed E-state index contributed by atoms with van der Waals surface area (Å²) in [6, 6.07) is 11.3. The van der Waals surface area contributed by atoms with E-state index in [1.165, 1.54) is 24.3 Å². The molecule has 1 aliphatic rings. The molecule has 1 atom stereocenters. The first kappa shape index (κ1) is 20.3. The fourth-order valence-electron chi connectivity index (χ4n) is 2.59. The molecule has 140 valence electrons. The van der Waals surface area contributed by atoms with Crippen molar-refractivity contribution < 1.29 is 13.2 Å². The molecule has 1 aromatic carbocycles. The molecule has 0 aliphatic carbocycles. The quantitative estimate of drug-likeness (QED) is 0.678. The Morgan fingerprint density at radius 2 is 1.96 bits per heavy atom. The van der Waals surface area contributed by atoms with Crippen LogP contribution in [0, 0.1) is 0 Å². The Bertz CT molecular complexity index is 823. The molecular weight excluding hydrogens is 376 g/mol. The van der Waals surface area contributed by atoms with Gasteiger partial charge in [0.15, 0.2) is 0 Å². The first-order valence-corrected chi connectivity index (χ1v) is 9.54. The van der Waals surface area contributed by atoms with Crippen LogP contribution in [0.1, 0.15) is 22.5 Å². The van der Waals surface area contributed by atoms with E-state index in [9.17, 15) is 13.2 Å². The number of carbonyl (C=O) groups excluding carboxylic acids is 1. The zero-order valence-electron chi connectivity index (χ0n) is 14.0. The van der Waals surface area contributed by atoms with E-state index in [0.717, 1.165) is 19.5 Å². The zero-order chi connectivity index (χ0) is 17.7. The van der Waals surface area contributed by atoms with Crippen LogP contribution in [0.4, 0.5) is 0 Å². The average molecular weight is 397 g/mol. The first-order valence-electron chi connectivity index (χ1n) is 8.06. The highest BCUT2D eigenvalue weighted by Gasteiger charge is 2.19. The number of benzene rings is 1. The summed E-state index contributed by atoms with van der Waals surface area (Å²) in [6.45, 7) is 1.76. The van der Waals surface area contributed by atoms with Gasteiger partial charge in [-0.15, -0.1) is 12.4 Å². The predicted molar refractivity (Wildman–Crippen MR) is 101 cm³/mol. The molecule has 0 saturated carbocycles. The summed E-state index contributed by atoms with van der Waals surface area (Å²) in [5.41, 5.74) is 1.07. The maximum Gasteiger partial charge on any atom is 0.251 e. The number of aromatic nitrogens is 1. The molecule has 1 aromatic heterocycles. The van der Waals surface area contributed by atoms with Crippen molar-refractivity contribution in [2.75, 3.05) is 13.1 Å². The van der Waals surface area contributed by atoms with Crippen LogP contribution >= 0.6 is 12.4 Å². The summed E-state index contributed by atoms with van der Waals surface area (Å²) < 4.78 is 27.1. The van der Waals surface area contributed by atoms with E-state index in [1.807, 2.05) is 0 Å². The van der Waals surface area contributed by atoms with E-state index in [1.54, 1.807) is 24.4 Å². The van der Waals surface area contributed by atoms with Gasteiger partial charge < -0.3 is 10.6 Å². The molecule has 0 unspecified atom stereocenters. The topological polar surface area (TPSA) is 100 Å². The third kappa shape index (κ3) is 5.25. The molecule has 3 rings (SSSR count). The number of nitrogens with zero attached hydrogens (tertiary/aromatic N) is 1. The Hall–Kier alpha value is -2.00. The highest BCUT2D eigenvalue weighted by molar-refractivity contribution is 7.89. The van der Waals surface area contributed by atoms with Crippen molar-refractivity contribution in [1.29, 1.82) is 0 Å². The van der Waals surface area contributed by atoms with E-state index in [0.29, 0.717) is 11.3 Å². The van der Waals surface area contributed by atoms with Gasteiger partial charge in [0.05, 0.1) is 17.1 Å². The molecule has 7 nitrogen and oxygen atoms in total. The molecule has 26 heavy (non-hydrogen) atoms. The summed E-state index contributed by atoms with van der Waals surface area (Å²) in [5, 5.41) is 6.10. The van der Waals surface area contributed by atoms with Gasteiger partial charge in [-0.1, -0.05) is 6.07 Å². The molecule has 1 fully saturated rings. The summed E-state index contributed by atoms with van der Waals surface area (Å²) >= 11 is 0. The smallest absolute Gasteiger partial charge is 0.251 e. The molecule has 0 spiro atoms. The minimum Gasteiger partial charge on any atom is -0.348 e. The maximum atomic E-state index is 12.3. The van der Waals surface area contributed by atoms with Gasteiger partial charge in [0.2, 0.25) is 10.0 Å². The summed E-state index contributed by atoms with van der Waals surface area (Å²) in [7, 11) is -3.66. The molecule has 0 radical (unpaired) electrons. The molecule has 2 heterocycles. The number of pyridine rings is 1. The summed E-state index contributed by atoms with van der Waals surface area (Å²) in [5.74, 6) is -0.195. The second-order valence-electron chi connectivity index (χ2n) is 5.83. The predicted octanol–water partition coefficient (Wildman–Crippen LogP) is 1.07. The molecule has 1 saturated heterocycles. The normalized spacial score (nSPS) is 16.7. The Balaban J connectivity index is 0.00000243. The lowest BCUT2D eigenvalue weighted by Crippen LogP contribution is -2.36. The van der Waals surface area contributed by atoms with Gasteiger partial charge in [-0.2, -0.15) is 0 Å². The second-order valence-corrected chi connectivity index (χ2v) is 7.60. The van der Waals surface area contributed by atoms with Gasteiger partial charge in [-0.3, -0.25) is 9.78 Å². The standard InChI is InChI=1S/C17H20N4O3S.ClH/c22-17(21-15-8-10-18-11-15)13-4-6-16(7-5-13)25(23,24)20-12-14-3-1-2-9-19-14;/h1-7,9,15,18,20H,8,10-12H2,(H,21,22);1H/t15-;/m0./s1. The molecule has 9 heteroatoms. The Morgan fingerprint density at radius 3 is 2.58 bits per heavy atom. The van der Waals surface area contributed by atoms with Gasteiger partial charge in [0.25, 0.3) is 5.91 Å². The maximum absolute atomic E-state index is 12.3. The number of amides is 1. The number of carbonyl (C=O) groups is 1.